The van der Waals surface area contributed by atoms with Gasteiger partial charge >= 0.3 is 0 Å². The van der Waals surface area contributed by atoms with Crippen molar-refractivity contribution in [3.63, 3.8) is 0 Å². The summed E-state index contributed by atoms with van der Waals surface area (Å²) >= 11 is 3.09. The van der Waals surface area contributed by atoms with Gasteiger partial charge in [0.2, 0.25) is 0 Å². The molecule has 2 aromatic carbocycles. The van der Waals surface area contributed by atoms with Gasteiger partial charge < -0.3 is 10.3 Å². The molecule has 0 bridgehead atoms. The third-order valence-corrected chi connectivity index (χ3v) is 4.15. The minimum absolute atomic E-state index is 0.0417. The van der Waals surface area contributed by atoms with Gasteiger partial charge in [0.15, 0.2) is 0 Å². The fourth-order valence-corrected chi connectivity index (χ4v) is 2.75. The van der Waals surface area contributed by atoms with Crippen LogP contribution >= 0.6 is 15.9 Å². The Labute approximate surface area is 129 Å². The van der Waals surface area contributed by atoms with E-state index in [0.717, 1.165) is 16.5 Å². The lowest BCUT2D eigenvalue weighted by Gasteiger charge is -2.10. The van der Waals surface area contributed by atoms with Gasteiger partial charge in [-0.05, 0) is 51.1 Å². The van der Waals surface area contributed by atoms with E-state index in [0.29, 0.717) is 6.54 Å². The maximum absolute atomic E-state index is 14.1. The van der Waals surface area contributed by atoms with Crippen molar-refractivity contribution in [2.45, 2.75) is 13.1 Å². The van der Waals surface area contributed by atoms with E-state index in [1.165, 1.54) is 12.1 Å². The number of aromatic nitrogens is 1. The van der Waals surface area contributed by atoms with Crippen molar-refractivity contribution in [1.29, 1.82) is 0 Å². The lowest BCUT2D eigenvalue weighted by Crippen LogP contribution is -2.05. The normalized spacial score (nSPS) is 11.2. The summed E-state index contributed by atoms with van der Waals surface area (Å²) in [5.41, 5.74) is 7.58. The number of nitrogens with two attached hydrogens (primary N) is 1. The predicted molar refractivity (Wildman–Crippen MR) is 83.0 cm³/mol. The van der Waals surface area contributed by atoms with Crippen LogP contribution in [0.4, 0.5) is 8.78 Å². The molecular formula is C16H13BrF2N2. The zero-order chi connectivity index (χ0) is 15.0. The van der Waals surface area contributed by atoms with Gasteiger partial charge in [-0.3, -0.25) is 0 Å². The molecule has 2 nitrogen and oxygen atoms in total. The molecule has 108 valence electrons. The van der Waals surface area contributed by atoms with E-state index in [9.17, 15) is 8.78 Å². The maximum atomic E-state index is 14.1. The summed E-state index contributed by atoms with van der Waals surface area (Å²) in [6.45, 7) is 0.565. The molecule has 0 radical (unpaired) electrons. The van der Waals surface area contributed by atoms with Crippen LogP contribution in [0.25, 0.3) is 10.9 Å². The van der Waals surface area contributed by atoms with E-state index in [1.54, 1.807) is 0 Å². The number of hydrogen-bond acceptors (Lipinski definition) is 1. The molecule has 0 spiro atoms. The second kappa shape index (κ2) is 5.58. The number of hydrogen-bond donors (Lipinski definition) is 1. The number of benzene rings is 2. The molecular weight excluding hydrogens is 338 g/mol. The second-order valence-electron chi connectivity index (χ2n) is 4.86. The lowest BCUT2D eigenvalue weighted by atomic mass is 10.1. The molecule has 1 aromatic heterocycles. The van der Waals surface area contributed by atoms with Crippen molar-refractivity contribution < 1.29 is 8.78 Å². The first-order valence-corrected chi connectivity index (χ1v) is 7.29. The highest BCUT2D eigenvalue weighted by Gasteiger charge is 2.13. The van der Waals surface area contributed by atoms with Gasteiger partial charge in [0.05, 0.1) is 11.0 Å². The van der Waals surface area contributed by atoms with Crippen LogP contribution in [0.15, 0.2) is 47.1 Å². The molecule has 0 aliphatic rings. The Hall–Kier alpha value is -1.72. The highest BCUT2D eigenvalue weighted by atomic mass is 79.9. The highest BCUT2D eigenvalue weighted by Crippen LogP contribution is 2.25. The first kappa shape index (κ1) is 14.2. The first-order chi connectivity index (χ1) is 10.1. The van der Waals surface area contributed by atoms with Crippen LogP contribution in [0.5, 0.6) is 0 Å². The van der Waals surface area contributed by atoms with Crippen LogP contribution in [0.3, 0.4) is 0 Å². The summed E-state index contributed by atoms with van der Waals surface area (Å²) in [4.78, 5) is 0. The minimum atomic E-state index is -0.563. The van der Waals surface area contributed by atoms with Crippen LogP contribution in [-0.2, 0) is 13.1 Å². The Kier molecular flexibility index (Phi) is 3.78. The van der Waals surface area contributed by atoms with Gasteiger partial charge in [-0.25, -0.2) is 8.78 Å². The van der Waals surface area contributed by atoms with Crippen molar-refractivity contribution in [3.8, 4) is 0 Å². The van der Waals surface area contributed by atoms with Gasteiger partial charge in [-0.15, -0.1) is 0 Å². The summed E-state index contributed by atoms with van der Waals surface area (Å²) in [5.74, 6) is -1.11. The molecule has 21 heavy (non-hydrogen) atoms. The fourth-order valence-electron chi connectivity index (χ4n) is 2.38. The van der Waals surface area contributed by atoms with E-state index < -0.39 is 11.6 Å². The quantitative estimate of drug-likeness (QED) is 0.705. The molecule has 0 aliphatic heterocycles. The van der Waals surface area contributed by atoms with Crippen molar-refractivity contribution in [1.82, 2.24) is 4.57 Å². The average molecular weight is 351 g/mol. The molecule has 0 saturated carbocycles. The monoisotopic (exact) mass is 350 g/mol. The average Bonchev–Trinajstić information content (AvgIpc) is 2.89. The van der Waals surface area contributed by atoms with Crippen LogP contribution in [-0.4, -0.2) is 4.57 Å². The largest absolute Gasteiger partial charge is 0.343 e. The third kappa shape index (κ3) is 2.59. The Morgan fingerprint density at radius 2 is 1.90 bits per heavy atom. The van der Waals surface area contributed by atoms with E-state index >= 15 is 0 Å². The Balaban J connectivity index is 2.08. The Bertz CT molecular complexity index is 811. The summed E-state index contributed by atoms with van der Waals surface area (Å²) < 4.78 is 30.0. The standard InChI is InChI=1S/C16H13BrF2N2/c17-13-3-4-14(18)12(16(13)19)9-21-6-5-11-2-1-10(8-20)7-15(11)21/h1-7H,8-9,20H2. The maximum Gasteiger partial charge on any atom is 0.145 e. The van der Waals surface area contributed by atoms with Gasteiger partial charge in [-0.1, -0.05) is 12.1 Å². The Morgan fingerprint density at radius 1 is 1.10 bits per heavy atom. The third-order valence-electron chi connectivity index (χ3n) is 3.54. The van der Waals surface area contributed by atoms with Gasteiger partial charge in [-0.2, -0.15) is 0 Å². The molecule has 0 aliphatic carbocycles. The molecule has 0 unspecified atom stereocenters. The van der Waals surface area contributed by atoms with Crippen molar-refractivity contribution in [3.05, 3.63) is 69.8 Å². The zero-order valence-electron chi connectivity index (χ0n) is 11.1. The van der Waals surface area contributed by atoms with Crippen molar-refractivity contribution in [2.24, 2.45) is 5.73 Å². The topological polar surface area (TPSA) is 30.9 Å². The lowest BCUT2D eigenvalue weighted by molar-refractivity contribution is 0.543. The molecule has 0 atom stereocenters. The van der Waals surface area contributed by atoms with E-state index in [2.05, 4.69) is 15.9 Å². The fraction of sp³-hybridized carbons (Fsp3) is 0.125. The zero-order valence-corrected chi connectivity index (χ0v) is 12.7. The molecule has 5 heteroatoms. The van der Waals surface area contributed by atoms with Gasteiger partial charge in [0, 0.05) is 23.8 Å². The number of rotatable bonds is 3. The first-order valence-electron chi connectivity index (χ1n) is 6.50. The van der Waals surface area contributed by atoms with Crippen LogP contribution in [0.2, 0.25) is 0 Å². The van der Waals surface area contributed by atoms with Crippen molar-refractivity contribution in [2.75, 3.05) is 0 Å². The second-order valence-corrected chi connectivity index (χ2v) is 5.72. The minimum Gasteiger partial charge on any atom is -0.343 e. The van der Waals surface area contributed by atoms with Crippen LogP contribution in [0.1, 0.15) is 11.1 Å². The van der Waals surface area contributed by atoms with E-state index in [4.69, 9.17) is 5.73 Å². The molecule has 0 amide bonds. The number of nitrogens with zero attached hydrogens (tertiary/aromatic N) is 1. The highest BCUT2D eigenvalue weighted by molar-refractivity contribution is 9.10. The molecule has 0 saturated heterocycles. The summed E-state index contributed by atoms with van der Waals surface area (Å²) in [6, 6.07) is 10.4. The molecule has 1 heterocycles. The molecule has 0 fully saturated rings. The van der Waals surface area contributed by atoms with Gasteiger partial charge in [0.25, 0.3) is 0 Å². The summed E-state index contributed by atoms with van der Waals surface area (Å²) in [5, 5.41) is 1.02. The van der Waals surface area contributed by atoms with Crippen LogP contribution < -0.4 is 5.73 Å². The molecule has 2 N–H and O–H groups in total. The Morgan fingerprint density at radius 3 is 2.67 bits per heavy atom. The smallest absolute Gasteiger partial charge is 0.145 e. The van der Waals surface area contributed by atoms with Crippen LogP contribution in [0, 0.1) is 11.6 Å². The van der Waals surface area contributed by atoms with E-state index in [-0.39, 0.29) is 16.6 Å². The summed E-state index contributed by atoms with van der Waals surface area (Å²) in [6.07, 6.45) is 1.82. The SMILES string of the molecule is NCc1ccc2ccn(Cc3c(F)ccc(Br)c3F)c2c1. The number of fused-ring (bicyclic) bond motifs is 1. The van der Waals surface area contributed by atoms with E-state index in [1.807, 2.05) is 35.0 Å². The predicted octanol–water partition coefficient (Wildman–Crippen LogP) is 4.19. The molecule has 3 rings (SSSR count). The molecule has 3 aromatic rings. The van der Waals surface area contributed by atoms with Gasteiger partial charge in [0.1, 0.15) is 11.6 Å². The van der Waals surface area contributed by atoms with Crippen molar-refractivity contribution >= 4 is 26.8 Å². The summed E-state index contributed by atoms with van der Waals surface area (Å²) in [7, 11) is 0. The number of halogens is 3.